The van der Waals surface area contributed by atoms with E-state index in [1.54, 1.807) is 24.3 Å². The molecular formula is C18H26N4O2. The largest absolute Gasteiger partial charge is 0.359 e. The molecule has 130 valence electrons. The van der Waals surface area contributed by atoms with Crippen LogP contribution in [0.2, 0.25) is 0 Å². The van der Waals surface area contributed by atoms with Gasteiger partial charge in [0.15, 0.2) is 5.76 Å². The van der Waals surface area contributed by atoms with Gasteiger partial charge in [-0.3, -0.25) is 4.98 Å². The Balaban J connectivity index is 1.98. The van der Waals surface area contributed by atoms with Crippen LogP contribution in [-0.2, 0) is 6.54 Å². The Labute approximate surface area is 143 Å². The van der Waals surface area contributed by atoms with E-state index in [0.29, 0.717) is 29.8 Å². The number of aromatic nitrogens is 2. The second-order valence-electron chi connectivity index (χ2n) is 6.74. The number of nitrogens with zero attached hydrogens (tertiary/aromatic N) is 3. The van der Waals surface area contributed by atoms with Gasteiger partial charge in [0.05, 0.1) is 6.54 Å². The summed E-state index contributed by atoms with van der Waals surface area (Å²) in [4.78, 5) is 18.1. The molecule has 0 aromatic carbocycles. The summed E-state index contributed by atoms with van der Waals surface area (Å²) in [6.45, 7) is 8.81. The molecule has 2 rings (SSSR count). The number of hydrogen-bond acceptors (Lipinski definition) is 4. The number of carbonyl (C=O) groups excluding carboxylic acids is 1. The molecule has 2 aromatic heterocycles. The van der Waals surface area contributed by atoms with Gasteiger partial charge in [0.25, 0.3) is 0 Å². The van der Waals surface area contributed by atoms with Crippen molar-refractivity contribution in [3.63, 3.8) is 0 Å². The van der Waals surface area contributed by atoms with Crippen LogP contribution in [0.4, 0.5) is 4.79 Å². The van der Waals surface area contributed by atoms with Crippen LogP contribution in [0.15, 0.2) is 35.1 Å². The molecule has 0 saturated heterocycles. The van der Waals surface area contributed by atoms with Gasteiger partial charge in [-0.15, -0.1) is 0 Å². The van der Waals surface area contributed by atoms with Crippen molar-refractivity contribution < 1.29 is 9.32 Å². The van der Waals surface area contributed by atoms with Crippen molar-refractivity contribution in [2.75, 3.05) is 7.05 Å². The maximum Gasteiger partial charge on any atom is 0.317 e. The van der Waals surface area contributed by atoms with Crippen molar-refractivity contribution in [2.24, 2.45) is 11.8 Å². The molecule has 24 heavy (non-hydrogen) atoms. The van der Waals surface area contributed by atoms with E-state index in [1.165, 1.54) is 0 Å². The molecule has 6 heteroatoms. The fourth-order valence-electron chi connectivity index (χ4n) is 2.70. The Bertz CT molecular complexity index is 644. The summed E-state index contributed by atoms with van der Waals surface area (Å²) in [7, 11) is 1.75. The first kappa shape index (κ1) is 18.0. The molecular weight excluding hydrogens is 304 g/mol. The quantitative estimate of drug-likeness (QED) is 0.879. The topological polar surface area (TPSA) is 71.3 Å². The molecule has 0 aliphatic heterocycles. The molecule has 0 spiro atoms. The van der Waals surface area contributed by atoms with Crippen molar-refractivity contribution in [1.82, 2.24) is 20.4 Å². The SMILES string of the molecule is CC(C)C(NC(=O)N(C)Cc1cc(-c2cccnc2)no1)C(C)C. The number of nitrogens with one attached hydrogen (secondary N) is 1. The van der Waals surface area contributed by atoms with Gasteiger partial charge in [0.1, 0.15) is 5.69 Å². The molecule has 6 nitrogen and oxygen atoms in total. The lowest BCUT2D eigenvalue weighted by Gasteiger charge is -2.28. The van der Waals surface area contributed by atoms with Gasteiger partial charge in [-0.2, -0.15) is 0 Å². The van der Waals surface area contributed by atoms with Gasteiger partial charge in [-0.05, 0) is 24.0 Å². The minimum atomic E-state index is -0.110. The molecule has 2 heterocycles. The highest BCUT2D eigenvalue weighted by atomic mass is 16.5. The lowest BCUT2D eigenvalue weighted by atomic mass is 9.93. The Morgan fingerprint density at radius 2 is 2.00 bits per heavy atom. The average Bonchev–Trinajstić information content (AvgIpc) is 3.01. The second kappa shape index (κ2) is 7.95. The van der Waals surface area contributed by atoms with Crippen molar-refractivity contribution in [3.8, 4) is 11.3 Å². The maximum atomic E-state index is 12.4. The Morgan fingerprint density at radius 1 is 1.29 bits per heavy atom. The number of urea groups is 1. The van der Waals surface area contributed by atoms with Crippen molar-refractivity contribution in [2.45, 2.75) is 40.3 Å². The van der Waals surface area contributed by atoms with Crippen LogP contribution in [0.3, 0.4) is 0 Å². The maximum absolute atomic E-state index is 12.4. The highest BCUT2D eigenvalue weighted by Crippen LogP contribution is 2.18. The summed E-state index contributed by atoms with van der Waals surface area (Å²) in [6.07, 6.45) is 3.44. The molecule has 2 amide bonds. The van der Waals surface area contributed by atoms with Crippen molar-refractivity contribution in [1.29, 1.82) is 0 Å². The van der Waals surface area contributed by atoms with Crippen LogP contribution < -0.4 is 5.32 Å². The Hall–Kier alpha value is -2.37. The molecule has 2 aromatic rings. The molecule has 0 saturated carbocycles. The van der Waals surface area contributed by atoms with Crippen LogP contribution in [-0.4, -0.2) is 34.2 Å². The van der Waals surface area contributed by atoms with Crippen LogP contribution in [0.5, 0.6) is 0 Å². The van der Waals surface area contributed by atoms with Crippen molar-refractivity contribution in [3.05, 3.63) is 36.4 Å². The summed E-state index contributed by atoms with van der Waals surface area (Å²) in [6, 6.07) is 5.63. The number of rotatable bonds is 6. The fourth-order valence-corrected chi connectivity index (χ4v) is 2.70. The van der Waals surface area contributed by atoms with E-state index in [-0.39, 0.29) is 12.1 Å². The van der Waals surface area contributed by atoms with Crippen LogP contribution in [0.1, 0.15) is 33.5 Å². The lowest BCUT2D eigenvalue weighted by Crippen LogP contribution is -2.47. The van der Waals surface area contributed by atoms with Gasteiger partial charge in [-0.25, -0.2) is 4.79 Å². The smallest absolute Gasteiger partial charge is 0.317 e. The molecule has 0 atom stereocenters. The number of carbonyl (C=O) groups is 1. The van der Waals surface area contributed by atoms with E-state index >= 15 is 0 Å². The highest BCUT2D eigenvalue weighted by molar-refractivity contribution is 5.74. The predicted molar refractivity (Wildman–Crippen MR) is 93.2 cm³/mol. The molecule has 0 radical (unpaired) electrons. The van der Waals surface area contributed by atoms with Gasteiger partial charge in [0.2, 0.25) is 0 Å². The zero-order chi connectivity index (χ0) is 17.7. The minimum absolute atomic E-state index is 0.110. The first-order valence-corrected chi connectivity index (χ1v) is 8.26. The van der Waals surface area contributed by atoms with Crippen LogP contribution in [0, 0.1) is 11.8 Å². The molecule has 0 unspecified atom stereocenters. The molecule has 0 aliphatic carbocycles. The van der Waals surface area contributed by atoms with E-state index in [2.05, 4.69) is 43.2 Å². The summed E-state index contributed by atoms with van der Waals surface area (Å²) >= 11 is 0. The summed E-state index contributed by atoms with van der Waals surface area (Å²) in [5.74, 6) is 1.40. The third kappa shape index (κ3) is 4.57. The third-order valence-electron chi connectivity index (χ3n) is 3.98. The van der Waals surface area contributed by atoms with Gasteiger partial charge >= 0.3 is 6.03 Å². The summed E-state index contributed by atoms with van der Waals surface area (Å²) in [5.41, 5.74) is 1.61. The molecule has 0 aliphatic rings. The Morgan fingerprint density at radius 3 is 2.58 bits per heavy atom. The minimum Gasteiger partial charge on any atom is -0.359 e. The summed E-state index contributed by atoms with van der Waals surface area (Å²) in [5, 5.41) is 7.13. The standard InChI is InChI=1S/C18H26N4O2/c1-12(2)17(13(3)4)20-18(23)22(5)11-15-9-16(21-24-15)14-7-6-8-19-10-14/h6-10,12-13,17H,11H2,1-5H3,(H,20,23). The average molecular weight is 330 g/mol. The second-order valence-corrected chi connectivity index (χ2v) is 6.74. The molecule has 0 bridgehead atoms. The first-order valence-electron chi connectivity index (χ1n) is 8.26. The highest BCUT2D eigenvalue weighted by Gasteiger charge is 2.22. The van der Waals surface area contributed by atoms with Gasteiger partial charge in [-0.1, -0.05) is 32.9 Å². The van der Waals surface area contributed by atoms with Crippen LogP contribution in [0.25, 0.3) is 11.3 Å². The Kier molecular flexibility index (Phi) is 5.95. The number of amides is 2. The first-order chi connectivity index (χ1) is 11.4. The summed E-state index contributed by atoms with van der Waals surface area (Å²) < 4.78 is 5.34. The monoisotopic (exact) mass is 330 g/mol. The normalized spacial score (nSPS) is 11.3. The van der Waals surface area contributed by atoms with E-state index in [0.717, 1.165) is 5.56 Å². The number of pyridine rings is 1. The van der Waals surface area contributed by atoms with E-state index in [9.17, 15) is 4.79 Å². The van der Waals surface area contributed by atoms with E-state index in [1.807, 2.05) is 18.2 Å². The van der Waals surface area contributed by atoms with Gasteiger partial charge in [0, 0.05) is 37.1 Å². The molecule has 1 N–H and O–H groups in total. The third-order valence-corrected chi connectivity index (χ3v) is 3.98. The number of hydrogen-bond donors (Lipinski definition) is 1. The fraction of sp³-hybridized carbons (Fsp3) is 0.500. The zero-order valence-corrected chi connectivity index (χ0v) is 15.0. The van der Waals surface area contributed by atoms with Crippen molar-refractivity contribution >= 4 is 6.03 Å². The predicted octanol–water partition coefficient (Wildman–Crippen LogP) is 3.56. The van der Waals surface area contributed by atoms with Crippen LogP contribution >= 0.6 is 0 Å². The van der Waals surface area contributed by atoms with Gasteiger partial charge < -0.3 is 14.7 Å². The van der Waals surface area contributed by atoms with E-state index in [4.69, 9.17) is 4.52 Å². The lowest BCUT2D eigenvalue weighted by molar-refractivity contribution is 0.187. The molecule has 0 fully saturated rings. The van der Waals surface area contributed by atoms with E-state index < -0.39 is 0 Å². The zero-order valence-electron chi connectivity index (χ0n) is 15.0.